The van der Waals surface area contributed by atoms with Gasteiger partial charge in [0.2, 0.25) is 0 Å². The summed E-state index contributed by atoms with van der Waals surface area (Å²) >= 11 is 0. The van der Waals surface area contributed by atoms with Crippen molar-refractivity contribution in [3.63, 3.8) is 0 Å². The van der Waals surface area contributed by atoms with E-state index in [4.69, 9.17) is 16.2 Å². The van der Waals surface area contributed by atoms with Crippen molar-refractivity contribution in [2.45, 2.75) is 13.3 Å². The van der Waals surface area contributed by atoms with Gasteiger partial charge in [-0.15, -0.1) is 0 Å². The molecule has 1 aromatic rings. The standard InChI is InChI=1S/C12H19N3O/c1-2-7-15(8-9-16)11-5-3-10(4-6-11)12(13)14/h3-6,16H,2,7-9H2,1H3,(H3,13,14). The van der Waals surface area contributed by atoms with Crippen LogP contribution in [-0.2, 0) is 0 Å². The van der Waals surface area contributed by atoms with Gasteiger partial charge in [-0.1, -0.05) is 6.92 Å². The number of aliphatic hydroxyl groups excluding tert-OH is 1. The molecule has 0 unspecified atom stereocenters. The molecule has 1 rings (SSSR count). The fraction of sp³-hybridized carbons (Fsp3) is 0.417. The number of anilines is 1. The van der Waals surface area contributed by atoms with Gasteiger partial charge in [0.15, 0.2) is 0 Å². The molecule has 0 atom stereocenters. The number of nitrogens with two attached hydrogens (primary N) is 1. The summed E-state index contributed by atoms with van der Waals surface area (Å²) in [5.74, 6) is 0.0794. The van der Waals surface area contributed by atoms with Gasteiger partial charge in [0, 0.05) is 24.3 Å². The Labute approximate surface area is 96.2 Å². The minimum Gasteiger partial charge on any atom is -0.395 e. The van der Waals surface area contributed by atoms with Crippen LogP contribution in [0.1, 0.15) is 18.9 Å². The highest BCUT2D eigenvalue weighted by Gasteiger charge is 2.05. The summed E-state index contributed by atoms with van der Waals surface area (Å²) in [6, 6.07) is 7.53. The van der Waals surface area contributed by atoms with Crippen LogP contribution in [0, 0.1) is 5.41 Å². The molecule has 0 aliphatic rings. The van der Waals surface area contributed by atoms with Crippen LogP contribution in [0.3, 0.4) is 0 Å². The van der Waals surface area contributed by atoms with Gasteiger partial charge in [-0.25, -0.2) is 0 Å². The molecule has 16 heavy (non-hydrogen) atoms. The summed E-state index contributed by atoms with van der Waals surface area (Å²) in [5.41, 5.74) is 7.17. The zero-order chi connectivity index (χ0) is 12.0. The Hall–Kier alpha value is -1.55. The van der Waals surface area contributed by atoms with E-state index in [-0.39, 0.29) is 12.4 Å². The van der Waals surface area contributed by atoms with E-state index in [9.17, 15) is 0 Å². The Morgan fingerprint density at radius 2 is 1.94 bits per heavy atom. The van der Waals surface area contributed by atoms with E-state index in [1.165, 1.54) is 0 Å². The molecule has 0 saturated carbocycles. The Morgan fingerprint density at radius 3 is 2.38 bits per heavy atom. The zero-order valence-corrected chi connectivity index (χ0v) is 9.61. The van der Waals surface area contributed by atoms with Gasteiger partial charge in [-0.3, -0.25) is 5.41 Å². The third-order valence-electron chi connectivity index (χ3n) is 2.41. The SMILES string of the molecule is CCCN(CCO)c1ccc(C(=N)N)cc1. The Morgan fingerprint density at radius 1 is 1.31 bits per heavy atom. The number of aliphatic hydroxyl groups is 1. The number of nitrogens with zero attached hydrogens (tertiary/aromatic N) is 1. The van der Waals surface area contributed by atoms with Gasteiger partial charge in [0.1, 0.15) is 5.84 Å². The first-order valence-corrected chi connectivity index (χ1v) is 5.49. The van der Waals surface area contributed by atoms with Crippen LogP contribution in [0.5, 0.6) is 0 Å². The van der Waals surface area contributed by atoms with Crippen LogP contribution in [0.2, 0.25) is 0 Å². The Bertz CT molecular complexity index is 329. The number of hydrogen-bond donors (Lipinski definition) is 3. The van der Waals surface area contributed by atoms with Crippen LogP contribution in [0.4, 0.5) is 5.69 Å². The predicted octanol–water partition coefficient (Wildman–Crippen LogP) is 1.18. The van der Waals surface area contributed by atoms with Crippen molar-refractivity contribution in [3.05, 3.63) is 29.8 Å². The monoisotopic (exact) mass is 221 g/mol. The van der Waals surface area contributed by atoms with E-state index in [0.717, 1.165) is 24.2 Å². The third-order valence-corrected chi connectivity index (χ3v) is 2.41. The second-order valence-corrected chi connectivity index (χ2v) is 3.67. The van der Waals surface area contributed by atoms with Crippen molar-refractivity contribution in [3.8, 4) is 0 Å². The quantitative estimate of drug-likeness (QED) is 0.499. The molecule has 0 spiro atoms. The molecule has 4 N–H and O–H groups in total. The second kappa shape index (κ2) is 6.12. The fourth-order valence-electron chi connectivity index (χ4n) is 1.61. The second-order valence-electron chi connectivity index (χ2n) is 3.67. The van der Waals surface area contributed by atoms with Crippen molar-refractivity contribution in [1.29, 1.82) is 5.41 Å². The Balaban J connectivity index is 2.80. The van der Waals surface area contributed by atoms with Crippen LogP contribution in [0.25, 0.3) is 0 Å². The summed E-state index contributed by atoms with van der Waals surface area (Å²) in [6.07, 6.45) is 1.04. The molecule has 4 nitrogen and oxygen atoms in total. The molecular formula is C12H19N3O. The number of benzene rings is 1. The van der Waals surface area contributed by atoms with Crippen molar-refractivity contribution in [2.24, 2.45) is 5.73 Å². The molecular weight excluding hydrogens is 202 g/mol. The summed E-state index contributed by atoms with van der Waals surface area (Å²) in [4.78, 5) is 2.11. The average Bonchev–Trinajstić information content (AvgIpc) is 2.29. The van der Waals surface area contributed by atoms with Crippen LogP contribution < -0.4 is 10.6 Å². The maximum atomic E-state index is 8.97. The molecule has 0 aromatic heterocycles. The lowest BCUT2D eigenvalue weighted by Crippen LogP contribution is -2.27. The smallest absolute Gasteiger partial charge is 0.122 e. The van der Waals surface area contributed by atoms with Crippen LogP contribution in [-0.4, -0.2) is 30.6 Å². The molecule has 0 saturated heterocycles. The molecule has 0 fully saturated rings. The van der Waals surface area contributed by atoms with Crippen LogP contribution >= 0.6 is 0 Å². The first kappa shape index (κ1) is 12.5. The van der Waals surface area contributed by atoms with Gasteiger partial charge >= 0.3 is 0 Å². The van der Waals surface area contributed by atoms with E-state index in [1.807, 2.05) is 24.3 Å². The molecule has 1 aromatic carbocycles. The minimum absolute atomic E-state index is 0.0794. The fourth-order valence-corrected chi connectivity index (χ4v) is 1.61. The molecule has 0 radical (unpaired) electrons. The van der Waals surface area contributed by atoms with E-state index in [2.05, 4.69) is 11.8 Å². The summed E-state index contributed by atoms with van der Waals surface area (Å²) in [5, 5.41) is 16.3. The lowest BCUT2D eigenvalue weighted by molar-refractivity contribution is 0.302. The molecule has 88 valence electrons. The normalized spacial score (nSPS) is 10.1. The first-order valence-electron chi connectivity index (χ1n) is 5.49. The largest absolute Gasteiger partial charge is 0.395 e. The maximum Gasteiger partial charge on any atom is 0.122 e. The minimum atomic E-state index is 0.0794. The number of nitrogens with one attached hydrogen (secondary N) is 1. The van der Waals surface area contributed by atoms with E-state index in [0.29, 0.717) is 6.54 Å². The average molecular weight is 221 g/mol. The van der Waals surface area contributed by atoms with Crippen molar-refractivity contribution < 1.29 is 5.11 Å². The lowest BCUT2D eigenvalue weighted by Gasteiger charge is -2.23. The van der Waals surface area contributed by atoms with Gasteiger partial charge in [0.25, 0.3) is 0 Å². The highest BCUT2D eigenvalue weighted by Crippen LogP contribution is 2.15. The van der Waals surface area contributed by atoms with E-state index < -0.39 is 0 Å². The van der Waals surface area contributed by atoms with Gasteiger partial charge < -0.3 is 15.7 Å². The van der Waals surface area contributed by atoms with Gasteiger partial charge in [-0.2, -0.15) is 0 Å². The lowest BCUT2D eigenvalue weighted by atomic mass is 10.2. The Kier molecular flexibility index (Phi) is 4.79. The topological polar surface area (TPSA) is 73.3 Å². The summed E-state index contributed by atoms with van der Waals surface area (Å²) < 4.78 is 0. The predicted molar refractivity (Wildman–Crippen MR) is 67.0 cm³/mol. The van der Waals surface area contributed by atoms with Crippen LogP contribution in [0.15, 0.2) is 24.3 Å². The maximum absolute atomic E-state index is 8.97. The highest BCUT2D eigenvalue weighted by atomic mass is 16.3. The molecule has 0 amide bonds. The number of hydrogen-bond acceptors (Lipinski definition) is 3. The van der Waals surface area contributed by atoms with E-state index >= 15 is 0 Å². The molecule has 0 heterocycles. The molecule has 0 aliphatic heterocycles. The summed E-state index contributed by atoms with van der Waals surface area (Å²) in [6.45, 7) is 3.80. The molecule has 0 aliphatic carbocycles. The molecule has 4 heteroatoms. The van der Waals surface area contributed by atoms with Crippen molar-refractivity contribution in [1.82, 2.24) is 0 Å². The van der Waals surface area contributed by atoms with E-state index in [1.54, 1.807) is 0 Å². The zero-order valence-electron chi connectivity index (χ0n) is 9.61. The summed E-state index contributed by atoms with van der Waals surface area (Å²) in [7, 11) is 0. The third kappa shape index (κ3) is 3.24. The number of nitrogen functional groups attached to an aromatic ring is 1. The number of rotatable bonds is 6. The van der Waals surface area contributed by atoms with Gasteiger partial charge in [-0.05, 0) is 30.7 Å². The number of amidine groups is 1. The highest BCUT2D eigenvalue weighted by molar-refractivity contribution is 5.95. The van der Waals surface area contributed by atoms with Crippen molar-refractivity contribution in [2.75, 3.05) is 24.6 Å². The first-order chi connectivity index (χ1) is 7.69. The van der Waals surface area contributed by atoms with Crippen molar-refractivity contribution >= 4 is 11.5 Å². The van der Waals surface area contributed by atoms with Gasteiger partial charge in [0.05, 0.1) is 6.61 Å². The molecule has 0 bridgehead atoms.